The third-order valence-corrected chi connectivity index (χ3v) is 5.21. The number of aromatic nitrogens is 1. The molecule has 98 valence electrons. The van der Waals surface area contributed by atoms with E-state index in [0.717, 1.165) is 37.6 Å². The number of rotatable bonds is 1. The van der Waals surface area contributed by atoms with E-state index in [-0.39, 0.29) is 0 Å². The van der Waals surface area contributed by atoms with Gasteiger partial charge in [-0.2, -0.15) is 0 Å². The summed E-state index contributed by atoms with van der Waals surface area (Å²) in [5, 5.41) is 3.18. The van der Waals surface area contributed by atoms with Gasteiger partial charge in [-0.05, 0) is 24.7 Å². The molecule has 0 aromatic carbocycles. The maximum atomic E-state index is 11.6. The van der Waals surface area contributed by atoms with E-state index in [1.807, 2.05) is 23.5 Å². The average molecular weight is 265 g/mol. The van der Waals surface area contributed by atoms with Crippen LogP contribution in [0, 0.1) is 5.41 Å². The third kappa shape index (κ3) is 2.11. The number of nitrogens with zero attached hydrogens (tertiary/aromatic N) is 3. The van der Waals surface area contributed by atoms with E-state index in [4.69, 9.17) is 0 Å². The van der Waals surface area contributed by atoms with Gasteiger partial charge in [0.25, 0.3) is 0 Å². The number of thiazole rings is 1. The molecule has 1 aromatic heterocycles. The standard InChI is InChI=1S/C13H19N3OS/c1-15-10-13(3-2-11(15)17)4-7-16(8-5-13)12-14-6-9-18-12/h6,9H,2-5,7-8,10H2,1H3. The molecule has 1 aromatic rings. The number of likely N-dealkylation sites (tertiary alicyclic amines) is 1. The fraction of sp³-hybridized carbons (Fsp3) is 0.692. The molecule has 0 unspecified atom stereocenters. The smallest absolute Gasteiger partial charge is 0.222 e. The van der Waals surface area contributed by atoms with Gasteiger partial charge in [0.05, 0.1) is 0 Å². The minimum absolute atomic E-state index is 0.308. The first-order valence-electron chi connectivity index (χ1n) is 6.57. The molecule has 2 saturated heterocycles. The molecule has 0 aliphatic carbocycles. The Morgan fingerprint density at radius 1 is 1.33 bits per heavy atom. The van der Waals surface area contributed by atoms with Crippen molar-refractivity contribution in [2.24, 2.45) is 5.41 Å². The highest BCUT2D eigenvalue weighted by Crippen LogP contribution is 2.40. The number of hydrogen-bond acceptors (Lipinski definition) is 4. The first-order valence-corrected chi connectivity index (χ1v) is 7.45. The van der Waals surface area contributed by atoms with Gasteiger partial charge in [-0.15, -0.1) is 11.3 Å². The normalized spacial score (nSPS) is 23.7. The van der Waals surface area contributed by atoms with Crippen molar-refractivity contribution >= 4 is 22.4 Å². The van der Waals surface area contributed by atoms with Crippen molar-refractivity contribution in [3.8, 4) is 0 Å². The summed E-state index contributed by atoms with van der Waals surface area (Å²) in [6.07, 6.45) is 6.04. The maximum absolute atomic E-state index is 11.6. The van der Waals surface area contributed by atoms with Crippen molar-refractivity contribution in [2.75, 3.05) is 31.6 Å². The summed E-state index contributed by atoms with van der Waals surface area (Å²) in [5.41, 5.74) is 0.371. The number of piperidine rings is 2. The van der Waals surface area contributed by atoms with Gasteiger partial charge in [-0.1, -0.05) is 0 Å². The highest BCUT2D eigenvalue weighted by molar-refractivity contribution is 7.13. The number of amides is 1. The molecule has 3 heterocycles. The van der Waals surface area contributed by atoms with E-state index in [9.17, 15) is 4.79 Å². The van der Waals surface area contributed by atoms with Gasteiger partial charge in [0.15, 0.2) is 5.13 Å². The molecule has 1 spiro atoms. The molecule has 1 amide bonds. The third-order valence-electron chi connectivity index (χ3n) is 4.38. The van der Waals surface area contributed by atoms with E-state index in [1.54, 1.807) is 11.3 Å². The van der Waals surface area contributed by atoms with Gasteiger partial charge in [-0.3, -0.25) is 4.79 Å². The fourth-order valence-corrected chi connectivity index (χ4v) is 3.88. The zero-order chi connectivity index (χ0) is 12.6. The topological polar surface area (TPSA) is 36.4 Å². The summed E-state index contributed by atoms with van der Waals surface area (Å²) in [5.74, 6) is 0.308. The Hall–Kier alpha value is -1.10. The lowest BCUT2D eigenvalue weighted by atomic mass is 9.72. The van der Waals surface area contributed by atoms with E-state index in [0.29, 0.717) is 11.3 Å². The van der Waals surface area contributed by atoms with Crippen LogP contribution in [0.15, 0.2) is 11.6 Å². The molecular weight excluding hydrogens is 246 g/mol. The van der Waals surface area contributed by atoms with Gasteiger partial charge in [-0.25, -0.2) is 4.98 Å². The lowest BCUT2D eigenvalue weighted by Crippen LogP contribution is -2.50. The van der Waals surface area contributed by atoms with Crippen molar-refractivity contribution in [2.45, 2.75) is 25.7 Å². The van der Waals surface area contributed by atoms with Crippen molar-refractivity contribution in [3.05, 3.63) is 11.6 Å². The van der Waals surface area contributed by atoms with Crippen LogP contribution in [0.25, 0.3) is 0 Å². The zero-order valence-electron chi connectivity index (χ0n) is 10.8. The molecule has 2 aliphatic heterocycles. The summed E-state index contributed by atoms with van der Waals surface area (Å²) < 4.78 is 0. The molecule has 2 fully saturated rings. The molecule has 0 bridgehead atoms. The molecule has 18 heavy (non-hydrogen) atoms. The monoisotopic (exact) mass is 265 g/mol. The van der Waals surface area contributed by atoms with Gasteiger partial charge in [0.2, 0.25) is 5.91 Å². The number of hydrogen-bond donors (Lipinski definition) is 0. The van der Waals surface area contributed by atoms with E-state index >= 15 is 0 Å². The van der Waals surface area contributed by atoms with Gasteiger partial charge in [0.1, 0.15) is 0 Å². The molecule has 4 nitrogen and oxygen atoms in total. The molecule has 0 atom stereocenters. The van der Waals surface area contributed by atoms with Crippen LogP contribution in [0.3, 0.4) is 0 Å². The molecule has 3 rings (SSSR count). The molecule has 5 heteroatoms. The summed E-state index contributed by atoms with van der Waals surface area (Å²) in [6.45, 7) is 3.10. The van der Waals surface area contributed by atoms with Crippen molar-refractivity contribution in [1.29, 1.82) is 0 Å². The predicted molar refractivity (Wildman–Crippen MR) is 72.9 cm³/mol. The SMILES string of the molecule is CN1CC2(CCC1=O)CCN(c1nccs1)CC2. The lowest BCUT2D eigenvalue weighted by molar-refractivity contribution is -0.136. The largest absolute Gasteiger partial charge is 0.348 e. The average Bonchev–Trinajstić information content (AvgIpc) is 2.89. The van der Waals surface area contributed by atoms with Crippen LogP contribution in [-0.4, -0.2) is 42.5 Å². The van der Waals surface area contributed by atoms with Crippen LogP contribution in [0.1, 0.15) is 25.7 Å². The van der Waals surface area contributed by atoms with Crippen LogP contribution >= 0.6 is 11.3 Å². The van der Waals surface area contributed by atoms with E-state index < -0.39 is 0 Å². The molecule has 0 saturated carbocycles. The summed E-state index contributed by atoms with van der Waals surface area (Å²) in [6, 6.07) is 0. The van der Waals surface area contributed by atoms with Crippen molar-refractivity contribution in [1.82, 2.24) is 9.88 Å². The Bertz CT molecular complexity index is 423. The van der Waals surface area contributed by atoms with E-state index in [2.05, 4.69) is 9.88 Å². The Morgan fingerprint density at radius 3 is 2.72 bits per heavy atom. The number of anilines is 1. The molecule has 2 aliphatic rings. The zero-order valence-corrected chi connectivity index (χ0v) is 11.6. The van der Waals surface area contributed by atoms with Crippen LogP contribution < -0.4 is 4.90 Å². The molecule has 0 N–H and O–H groups in total. The second kappa shape index (κ2) is 4.53. The Morgan fingerprint density at radius 2 is 2.11 bits per heavy atom. The van der Waals surface area contributed by atoms with Crippen LogP contribution in [0.5, 0.6) is 0 Å². The first-order chi connectivity index (χ1) is 8.69. The summed E-state index contributed by atoms with van der Waals surface area (Å²) >= 11 is 1.72. The molecular formula is C13H19N3OS. The van der Waals surface area contributed by atoms with Gasteiger partial charge in [0, 0.05) is 44.7 Å². The van der Waals surface area contributed by atoms with Gasteiger partial charge < -0.3 is 9.80 Å². The quantitative estimate of drug-likeness (QED) is 0.779. The van der Waals surface area contributed by atoms with Crippen molar-refractivity contribution in [3.63, 3.8) is 0 Å². The Balaban J connectivity index is 1.64. The predicted octanol–water partition coefficient (Wildman–Crippen LogP) is 1.98. The number of carbonyl (C=O) groups excluding carboxylic acids is 1. The second-order valence-corrected chi connectivity index (χ2v) is 6.42. The summed E-state index contributed by atoms with van der Waals surface area (Å²) in [4.78, 5) is 20.3. The lowest BCUT2D eigenvalue weighted by Gasteiger charge is -2.46. The van der Waals surface area contributed by atoms with Gasteiger partial charge >= 0.3 is 0 Å². The summed E-state index contributed by atoms with van der Waals surface area (Å²) in [7, 11) is 1.94. The fourth-order valence-electron chi connectivity index (χ4n) is 3.19. The first kappa shape index (κ1) is 12.0. The second-order valence-electron chi connectivity index (χ2n) is 5.55. The maximum Gasteiger partial charge on any atom is 0.222 e. The molecule has 0 radical (unpaired) electrons. The van der Waals surface area contributed by atoms with Crippen LogP contribution in [0.2, 0.25) is 0 Å². The minimum Gasteiger partial charge on any atom is -0.348 e. The van der Waals surface area contributed by atoms with Crippen molar-refractivity contribution < 1.29 is 4.79 Å². The Kier molecular flexibility index (Phi) is 3.01. The van der Waals surface area contributed by atoms with E-state index in [1.165, 1.54) is 12.8 Å². The van der Waals surface area contributed by atoms with Crippen LogP contribution in [0.4, 0.5) is 5.13 Å². The number of carbonyl (C=O) groups is 1. The minimum atomic E-state index is 0.308. The Labute approximate surface area is 112 Å². The van der Waals surface area contributed by atoms with Crippen LogP contribution in [-0.2, 0) is 4.79 Å². The highest BCUT2D eigenvalue weighted by Gasteiger charge is 2.40. The highest BCUT2D eigenvalue weighted by atomic mass is 32.1.